The molecule has 3 nitrogen and oxygen atoms in total. The number of carboxylic acid groups (broad SMARTS) is 1. The van der Waals surface area contributed by atoms with Crippen molar-refractivity contribution < 1.29 is 9.90 Å². The zero-order valence-electron chi connectivity index (χ0n) is 11.8. The lowest BCUT2D eigenvalue weighted by Crippen LogP contribution is -2.20. The van der Waals surface area contributed by atoms with Crippen molar-refractivity contribution in [3.05, 3.63) is 29.3 Å². The summed E-state index contributed by atoms with van der Waals surface area (Å²) in [6.45, 7) is 5.29. The van der Waals surface area contributed by atoms with Crippen molar-refractivity contribution in [2.75, 3.05) is 11.9 Å². The summed E-state index contributed by atoms with van der Waals surface area (Å²) < 4.78 is 0. The molecule has 0 bridgehead atoms. The molecule has 1 aliphatic rings. The van der Waals surface area contributed by atoms with Crippen LogP contribution >= 0.6 is 0 Å². The molecule has 0 aliphatic heterocycles. The van der Waals surface area contributed by atoms with E-state index in [1.807, 2.05) is 13.0 Å². The SMILES string of the molecule is Cc1cc(C(=O)O)ccc1NCC1CCC(C)CC1. The Morgan fingerprint density at radius 3 is 2.58 bits per heavy atom. The molecule has 0 unspecified atom stereocenters. The van der Waals surface area contributed by atoms with Crippen LogP contribution in [-0.2, 0) is 0 Å². The van der Waals surface area contributed by atoms with Crippen LogP contribution in [0.3, 0.4) is 0 Å². The van der Waals surface area contributed by atoms with E-state index in [9.17, 15) is 4.79 Å². The first kappa shape index (κ1) is 13.9. The maximum absolute atomic E-state index is 10.9. The maximum atomic E-state index is 10.9. The molecule has 1 aliphatic carbocycles. The number of rotatable bonds is 4. The zero-order chi connectivity index (χ0) is 13.8. The number of benzene rings is 1. The van der Waals surface area contributed by atoms with E-state index in [0.717, 1.165) is 29.6 Å². The number of hydrogen-bond acceptors (Lipinski definition) is 2. The summed E-state index contributed by atoms with van der Waals surface area (Å²) in [7, 11) is 0. The van der Waals surface area contributed by atoms with Gasteiger partial charge in [0, 0.05) is 12.2 Å². The standard InChI is InChI=1S/C16H23NO2/c1-11-3-5-13(6-4-11)10-17-15-8-7-14(16(18)19)9-12(15)2/h7-9,11,13,17H,3-6,10H2,1-2H3,(H,18,19). The van der Waals surface area contributed by atoms with E-state index >= 15 is 0 Å². The summed E-state index contributed by atoms with van der Waals surface area (Å²) in [4.78, 5) is 10.9. The van der Waals surface area contributed by atoms with Crippen molar-refractivity contribution >= 4 is 11.7 Å². The van der Waals surface area contributed by atoms with Crippen LogP contribution in [0.2, 0.25) is 0 Å². The molecular weight excluding hydrogens is 238 g/mol. The molecule has 0 amide bonds. The Hall–Kier alpha value is -1.51. The molecule has 1 aromatic carbocycles. The quantitative estimate of drug-likeness (QED) is 0.863. The molecule has 19 heavy (non-hydrogen) atoms. The smallest absolute Gasteiger partial charge is 0.335 e. The molecule has 104 valence electrons. The van der Waals surface area contributed by atoms with Gasteiger partial charge in [0.05, 0.1) is 5.56 Å². The summed E-state index contributed by atoms with van der Waals surface area (Å²) in [5.74, 6) is 0.776. The van der Waals surface area contributed by atoms with Gasteiger partial charge in [-0.05, 0) is 55.4 Å². The van der Waals surface area contributed by atoms with Crippen LogP contribution in [0, 0.1) is 18.8 Å². The van der Waals surface area contributed by atoms with Gasteiger partial charge in [-0.25, -0.2) is 4.79 Å². The Kier molecular flexibility index (Phi) is 4.46. The van der Waals surface area contributed by atoms with Gasteiger partial charge in [-0.3, -0.25) is 0 Å². The van der Waals surface area contributed by atoms with Crippen molar-refractivity contribution in [1.29, 1.82) is 0 Å². The van der Waals surface area contributed by atoms with E-state index in [2.05, 4.69) is 12.2 Å². The van der Waals surface area contributed by atoms with E-state index in [1.54, 1.807) is 12.1 Å². The van der Waals surface area contributed by atoms with Crippen LogP contribution in [0.5, 0.6) is 0 Å². The first-order chi connectivity index (χ1) is 9.06. The van der Waals surface area contributed by atoms with E-state index in [-0.39, 0.29) is 0 Å². The molecule has 1 fully saturated rings. The fourth-order valence-electron chi connectivity index (χ4n) is 2.78. The van der Waals surface area contributed by atoms with Gasteiger partial charge in [-0.15, -0.1) is 0 Å². The summed E-state index contributed by atoms with van der Waals surface area (Å²) in [5, 5.41) is 12.4. The molecule has 0 radical (unpaired) electrons. The van der Waals surface area contributed by atoms with E-state index in [0.29, 0.717) is 5.56 Å². The topological polar surface area (TPSA) is 49.3 Å². The van der Waals surface area contributed by atoms with Crippen LogP contribution in [0.4, 0.5) is 5.69 Å². The third-order valence-electron chi connectivity index (χ3n) is 4.19. The maximum Gasteiger partial charge on any atom is 0.335 e. The number of carbonyl (C=O) groups is 1. The number of carboxylic acids is 1. The second-order valence-electron chi connectivity index (χ2n) is 5.84. The minimum atomic E-state index is -0.865. The fraction of sp³-hybridized carbons (Fsp3) is 0.562. The van der Waals surface area contributed by atoms with Crippen molar-refractivity contribution in [1.82, 2.24) is 0 Å². The molecule has 1 aromatic rings. The first-order valence-corrected chi connectivity index (χ1v) is 7.14. The van der Waals surface area contributed by atoms with Gasteiger partial charge in [0.1, 0.15) is 0 Å². The van der Waals surface area contributed by atoms with Gasteiger partial charge in [-0.1, -0.05) is 19.8 Å². The number of aryl methyl sites for hydroxylation is 1. The molecule has 3 heteroatoms. The van der Waals surface area contributed by atoms with Gasteiger partial charge in [0.25, 0.3) is 0 Å². The molecule has 0 saturated heterocycles. The van der Waals surface area contributed by atoms with Crippen molar-refractivity contribution in [3.8, 4) is 0 Å². The molecule has 2 rings (SSSR count). The van der Waals surface area contributed by atoms with Gasteiger partial charge in [-0.2, -0.15) is 0 Å². The fourth-order valence-corrected chi connectivity index (χ4v) is 2.78. The van der Waals surface area contributed by atoms with E-state index in [4.69, 9.17) is 5.11 Å². The van der Waals surface area contributed by atoms with Crippen LogP contribution in [0.15, 0.2) is 18.2 Å². The minimum absolute atomic E-state index is 0.356. The predicted octanol–water partition coefficient (Wildman–Crippen LogP) is 3.93. The monoisotopic (exact) mass is 261 g/mol. The Balaban J connectivity index is 1.91. The second kappa shape index (κ2) is 6.09. The summed E-state index contributed by atoms with van der Waals surface area (Å²) in [6.07, 6.45) is 5.29. The Morgan fingerprint density at radius 2 is 2.00 bits per heavy atom. The van der Waals surface area contributed by atoms with Crippen LogP contribution in [0.25, 0.3) is 0 Å². The number of anilines is 1. The van der Waals surface area contributed by atoms with Crippen LogP contribution in [0.1, 0.15) is 48.5 Å². The highest BCUT2D eigenvalue weighted by molar-refractivity contribution is 5.88. The lowest BCUT2D eigenvalue weighted by molar-refractivity contribution is 0.0697. The van der Waals surface area contributed by atoms with Crippen LogP contribution < -0.4 is 5.32 Å². The average Bonchev–Trinajstić information content (AvgIpc) is 2.39. The second-order valence-corrected chi connectivity index (χ2v) is 5.84. The molecule has 1 saturated carbocycles. The molecule has 2 N–H and O–H groups in total. The lowest BCUT2D eigenvalue weighted by Gasteiger charge is -2.26. The minimum Gasteiger partial charge on any atom is -0.478 e. The lowest BCUT2D eigenvalue weighted by atomic mass is 9.83. The molecular formula is C16H23NO2. The largest absolute Gasteiger partial charge is 0.478 e. The normalized spacial score (nSPS) is 23.1. The number of aromatic carboxylic acids is 1. The molecule has 0 spiro atoms. The summed E-state index contributed by atoms with van der Waals surface area (Å²) >= 11 is 0. The number of hydrogen-bond donors (Lipinski definition) is 2. The van der Waals surface area contributed by atoms with Gasteiger partial charge >= 0.3 is 5.97 Å². The molecule has 0 atom stereocenters. The Bertz CT molecular complexity index is 448. The summed E-state index contributed by atoms with van der Waals surface area (Å²) in [5.41, 5.74) is 2.42. The zero-order valence-corrected chi connectivity index (χ0v) is 11.8. The molecule has 0 heterocycles. The highest BCUT2D eigenvalue weighted by Crippen LogP contribution is 2.28. The summed E-state index contributed by atoms with van der Waals surface area (Å²) in [6, 6.07) is 5.28. The predicted molar refractivity (Wildman–Crippen MR) is 77.8 cm³/mol. The van der Waals surface area contributed by atoms with Gasteiger partial charge in [0.15, 0.2) is 0 Å². The first-order valence-electron chi connectivity index (χ1n) is 7.14. The van der Waals surface area contributed by atoms with Gasteiger partial charge in [0.2, 0.25) is 0 Å². The van der Waals surface area contributed by atoms with Crippen molar-refractivity contribution in [3.63, 3.8) is 0 Å². The van der Waals surface area contributed by atoms with Crippen molar-refractivity contribution in [2.45, 2.75) is 39.5 Å². The third kappa shape index (κ3) is 3.72. The molecule has 0 aromatic heterocycles. The Labute approximate surface area is 115 Å². The van der Waals surface area contributed by atoms with E-state index < -0.39 is 5.97 Å². The van der Waals surface area contributed by atoms with Crippen molar-refractivity contribution in [2.24, 2.45) is 11.8 Å². The Morgan fingerprint density at radius 1 is 1.32 bits per heavy atom. The average molecular weight is 261 g/mol. The highest BCUT2D eigenvalue weighted by atomic mass is 16.4. The third-order valence-corrected chi connectivity index (χ3v) is 4.19. The van der Waals surface area contributed by atoms with Crippen LogP contribution in [-0.4, -0.2) is 17.6 Å². The number of nitrogens with one attached hydrogen (secondary N) is 1. The van der Waals surface area contributed by atoms with Gasteiger partial charge < -0.3 is 10.4 Å². The highest BCUT2D eigenvalue weighted by Gasteiger charge is 2.18. The van der Waals surface area contributed by atoms with E-state index in [1.165, 1.54) is 25.7 Å².